The van der Waals surface area contributed by atoms with Crippen molar-refractivity contribution in [1.29, 1.82) is 0 Å². The van der Waals surface area contributed by atoms with Crippen LogP contribution in [0.3, 0.4) is 0 Å². The molecule has 8 heteroatoms. The molecule has 2 aliphatic rings. The fourth-order valence-electron chi connectivity index (χ4n) is 3.47. The number of fused-ring (bicyclic) bond motifs is 1. The van der Waals surface area contributed by atoms with Crippen molar-refractivity contribution >= 4 is 34.8 Å². The van der Waals surface area contributed by atoms with Crippen molar-refractivity contribution in [2.24, 2.45) is 0 Å². The van der Waals surface area contributed by atoms with Crippen molar-refractivity contribution in [2.45, 2.75) is 31.3 Å². The van der Waals surface area contributed by atoms with E-state index in [0.717, 1.165) is 18.5 Å². The van der Waals surface area contributed by atoms with Gasteiger partial charge in [-0.05, 0) is 49.2 Å². The van der Waals surface area contributed by atoms with E-state index in [1.807, 2.05) is 18.2 Å². The van der Waals surface area contributed by atoms with Crippen molar-refractivity contribution in [1.82, 2.24) is 5.32 Å². The first-order valence-corrected chi connectivity index (χ1v) is 9.93. The van der Waals surface area contributed by atoms with E-state index < -0.39 is 6.04 Å². The van der Waals surface area contributed by atoms with Gasteiger partial charge in [-0.1, -0.05) is 12.1 Å². The first-order valence-electron chi connectivity index (χ1n) is 9.93. The lowest BCUT2D eigenvalue weighted by atomic mass is 10.0. The number of anilines is 3. The molecular weight excluding hydrogens is 384 g/mol. The zero-order valence-electron chi connectivity index (χ0n) is 16.7. The second-order valence-electron chi connectivity index (χ2n) is 7.47. The van der Waals surface area contributed by atoms with E-state index in [2.05, 4.69) is 16.0 Å². The number of benzene rings is 2. The smallest absolute Gasteiger partial charge is 0.247 e. The molecule has 2 aromatic carbocycles. The van der Waals surface area contributed by atoms with E-state index in [0.29, 0.717) is 17.1 Å². The molecule has 3 amide bonds. The number of hydrogen-bond donors (Lipinski definition) is 3. The molecule has 1 fully saturated rings. The van der Waals surface area contributed by atoms with Gasteiger partial charge in [0.25, 0.3) is 0 Å². The molecule has 0 bridgehead atoms. The first kappa shape index (κ1) is 19.8. The molecule has 30 heavy (non-hydrogen) atoms. The summed E-state index contributed by atoms with van der Waals surface area (Å²) in [6.07, 6.45) is 1.88. The van der Waals surface area contributed by atoms with Crippen molar-refractivity contribution in [3.8, 4) is 5.75 Å². The average molecular weight is 408 g/mol. The van der Waals surface area contributed by atoms with Gasteiger partial charge in [0.05, 0.1) is 31.5 Å². The van der Waals surface area contributed by atoms with Crippen LogP contribution in [0.4, 0.5) is 17.1 Å². The Kier molecular flexibility index (Phi) is 5.56. The second-order valence-corrected chi connectivity index (χ2v) is 7.47. The van der Waals surface area contributed by atoms with Gasteiger partial charge in [-0.15, -0.1) is 0 Å². The molecule has 3 N–H and O–H groups in total. The van der Waals surface area contributed by atoms with E-state index in [1.165, 1.54) is 0 Å². The summed E-state index contributed by atoms with van der Waals surface area (Å²) in [6, 6.07) is 13.7. The summed E-state index contributed by atoms with van der Waals surface area (Å²) in [4.78, 5) is 39.6. The monoisotopic (exact) mass is 408 g/mol. The maximum atomic E-state index is 12.8. The summed E-state index contributed by atoms with van der Waals surface area (Å²) in [5.41, 5.74) is 1.97. The number of amides is 3. The van der Waals surface area contributed by atoms with Gasteiger partial charge < -0.3 is 25.6 Å². The number of ether oxygens (including phenoxy) is 1. The molecule has 0 aromatic heterocycles. The number of para-hydroxylation sites is 2. The van der Waals surface area contributed by atoms with Crippen molar-refractivity contribution in [3.05, 3.63) is 48.5 Å². The third-order valence-corrected chi connectivity index (χ3v) is 5.16. The lowest BCUT2D eigenvalue weighted by molar-refractivity contribution is -0.123. The van der Waals surface area contributed by atoms with E-state index in [4.69, 9.17) is 4.74 Å². The van der Waals surface area contributed by atoms with Gasteiger partial charge in [-0.3, -0.25) is 14.4 Å². The minimum absolute atomic E-state index is 0.0153. The summed E-state index contributed by atoms with van der Waals surface area (Å²) < 4.78 is 5.12. The first-order chi connectivity index (χ1) is 14.5. The lowest BCUT2D eigenvalue weighted by Crippen LogP contribution is -2.53. The zero-order valence-corrected chi connectivity index (χ0v) is 16.7. The van der Waals surface area contributed by atoms with Gasteiger partial charge in [0.15, 0.2) is 0 Å². The Balaban J connectivity index is 1.50. The third-order valence-electron chi connectivity index (χ3n) is 5.16. The SMILES string of the molecule is COc1ccc(NC(=O)C[C@H]2C(=O)Nc3ccccc3N2CC(=O)NC2CC2)cc1. The van der Waals surface area contributed by atoms with Crippen molar-refractivity contribution in [2.75, 3.05) is 29.2 Å². The summed E-state index contributed by atoms with van der Waals surface area (Å²) in [5, 5.41) is 8.59. The highest BCUT2D eigenvalue weighted by Crippen LogP contribution is 2.33. The highest BCUT2D eigenvalue weighted by Gasteiger charge is 2.36. The number of methoxy groups -OCH3 is 1. The van der Waals surface area contributed by atoms with Crippen LogP contribution in [0.2, 0.25) is 0 Å². The Morgan fingerprint density at radius 1 is 1.10 bits per heavy atom. The molecule has 0 radical (unpaired) electrons. The Labute approximate surface area is 174 Å². The second kappa shape index (κ2) is 8.44. The minimum atomic E-state index is -0.789. The van der Waals surface area contributed by atoms with Crippen LogP contribution in [-0.4, -0.2) is 43.5 Å². The average Bonchev–Trinajstić information content (AvgIpc) is 3.55. The molecule has 1 heterocycles. The van der Waals surface area contributed by atoms with E-state index in [9.17, 15) is 14.4 Å². The van der Waals surface area contributed by atoms with Crippen LogP contribution in [-0.2, 0) is 14.4 Å². The van der Waals surface area contributed by atoms with Crippen LogP contribution in [0.5, 0.6) is 5.75 Å². The van der Waals surface area contributed by atoms with Crippen LogP contribution >= 0.6 is 0 Å². The van der Waals surface area contributed by atoms with Crippen LogP contribution in [0.15, 0.2) is 48.5 Å². The fraction of sp³-hybridized carbons (Fsp3) is 0.318. The van der Waals surface area contributed by atoms with Gasteiger partial charge >= 0.3 is 0 Å². The Morgan fingerprint density at radius 3 is 2.53 bits per heavy atom. The predicted molar refractivity (Wildman–Crippen MR) is 114 cm³/mol. The van der Waals surface area contributed by atoms with Crippen molar-refractivity contribution < 1.29 is 19.1 Å². The van der Waals surface area contributed by atoms with Gasteiger partial charge in [0.2, 0.25) is 17.7 Å². The maximum absolute atomic E-state index is 12.8. The van der Waals surface area contributed by atoms with Gasteiger partial charge in [0.1, 0.15) is 11.8 Å². The molecule has 1 saturated carbocycles. The molecule has 1 atom stereocenters. The molecule has 1 aliphatic heterocycles. The number of carbonyl (C=O) groups excluding carboxylic acids is 3. The van der Waals surface area contributed by atoms with Gasteiger partial charge in [-0.2, -0.15) is 0 Å². The number of hydrogen-bond acceptors (Lipinski definition) is 5. The highest BCUT2D eigenvalue weighted by atomic mass is 16.5. The van der Waals surface area contributed by atoms with Crippen molar-refractivity contribution in [3.63, 3.8) is 0 Å². The Hall–Kier alpha value is -3.55. The van der Waals surface area contributed by atoms with Crippen LogP contribution < -0.4 is 25.6 Å². The number of carbonyl (C=O) groups is 3. The summed E-state index contributed by atoms with van der Waals surface area (Å²) in [5.74, 6) is -0.0863. The van der Waals surface area contributed by atoms with E-state index >= 15 is 0 Å². The molecule has 8 nitrogen and oxygen atoms in total. The quantitative estimate of drug-likeness (QED) is 0.652. The molecule has 156 valence electrons. The Morgan fingerprint density at radius 2 is 1.83 bits per heavy atom. The molecule has 4 rings (SSSR count). The molecule has 0 spiro atoms. The predicted octanol–water partition coefficient (Wildman–Crippen LogP) is 2.13. The van der Waals surface area contributed by atoms with E-state index in [-0.39, 0.29) is 36.7 Å². The standard InChI is InChI=1S/C22H24N4O4/c1-30-16-10-8-15(9-11-16)23-20(27)12-19-22(29)25-17-4-2-3-5-18(17)26(19)13-21(28)24-14-6-7-14/h2-5,8-11,14,19H,6-7,12-13H2,1H3,(H,23,27)(H,24,28)(H,25,29)/t19-/m0/s1. The largest absolute Gasteiger partial charge is 0.497 e. The van der Waals surface area contributed by atoms with Crippen LogP contribution in [0.1, 0.15) is 19.3 Å². The minimum Gasteiger partial charge on any atom is -0.497 e. The van der Waals surface area contributed by atoms with Crippen LogP contribution in [0.25, 0.3) is 0 Å². The molecular formula is C22H24N4O4. The summed E-state index contributed by atoms with van der Waals surface area (Å²) in [6.45, 7) is 0.0153. The van der Waals surface area contributed by atoms with Gasteiger partial charge in [0, 0.05) is 11.7 Å². The van der Waals surface area contributed by atoms with Crippen LogP contribution in [0, 0.1) is 0 Å². The summed E-state index contributed by atoms with van der Waals surface area (Å²) >= 11 is 0. The molecule has 2 aromatic rings. The van der Waals surface area contributed by atoms with Gasteiger partial charge in [-0.25, -0.2) is 0 Å². The third kappa shape index (κ3) is 4.53. The fourth-order valence-corrected chi connectivity index (χ4v) is 3.47. The summed E-state index contributed by atoms with van der Waals surface area (Å²) in [7, 11) is 1.57. The normalized spacial score (nSPS) is 17.6. The zero-order chi connectivity index (χ0) is 21.1. The highest BCUT2D eigenvalue weighted by molar-refractivity contribution is 6.07. The Bertz CT molecular complexity index is 956. The molecule has 1 aliphatic carbocycles. The lowest BCUT2D eigenvalue weighted by Gasteiger charge is -2.37. The molecule has 0 unspecified atom stereocenters. The van der Waals surface area contributed by atoms with E-state index in [1.54, 1.807) is 42.3 Å². The number of rotatable bonds is 7. The number of nitrogens with zero attached hydrogens (tertiary/aromatic N) is 1. The topological polar surface area (TPSA) is 99.8 Å². The molecule has 0 saturated heterocycles. The maximum Gasteiger partial charge on any atom is 0.247 e. The number of nitrogens with one attached hydrogen (secondary N) is 3.